The molecule has 1 aliphatic heterocycles. The van der Waals surface area contributed by atoms with E-state index in [9.17, 15) is 17.9 Å². The van der Waals surface area contributed by atoms with E-state index in [2.05, 4.69) is 0 Å². The van der Waals surface area contributed by atoms with Crippen molar-refractivity contribution >= 4 is 15.7 Å². The van der Waals surface area contributed by atoms with Crippen molar-refractivity contribution in [2.45, 2.75) is 31.3 Å². The number of β-amino-alcohol motifs (C(OH)–C–C–N with tert-alkyl or cyclic N) is 1. The fourth-order valence-corrected chi connectivity index (χ4v) is 4.01. The standard InChI is InChI=1S/C13H19FN2O3S/c1-8(2)13(17)6-16(7-13)20(18,19)12-5-10(15)4-11(14)9(12)3/h4-5,8,17H,6-7,15H2,1-3H3. The van der Waals surface area contributed by atoms with Crippen molar-refractivity contribution < 1.29 is 17.9 Å². The number of halogens is 1. The van der Waals surface area contributed by atoms with E-state index in [1.165, 1.54) is 13.0 Å². The number of nitrogens with two attached hydrogens (primary N) is 1. The Morgan fingerprint density at radius 3 is 2.45 bits per heavy atom. The molecule has 0 unspecified atom stereocenters. The van der Waals surface area contributed by atoms with E-state index in [0.29, 0.717) is 0 Å². The number of hydrogen-bond acceptors (Lipinski definition) is 4. The Labute approximate surface area is 118 Å². The molecule has 1 aromatic rings. The monoisotopic (exact) mass is 302 g/mol. The molecule has 1 heterocycles. The van der Waals surface area contributed by atoms with Crippen LogP contribution >= 0.6 is 0 Å². The molecule has 112 valence electrons. The van der Waals surface area contributed by atoms with Crippen LogP contribution in [-0.4, -0.2) is 36.5 Å². The van der Waals surface area contributed by atoms with Gasteiger partial charge in [0.15, 0.2) is 0 Å². The molecule has 1 aliphatic rings. The minimum atomic E-state index is -3.83. The van der Waals surface area contributed by atoms with Gasteiger partial charge >= 0.3 is 0 Å². The molecule has 0 aliphatic carbocycles. The third-order valence-electron chi connectivity index (χ3n) is 3.91. The summed E-state index contributed by atoms with van der Waals surface area (Å²) in [7, 11) is -3.83. The van der Waals surface area contributed by atoms with Gasteiger partial charge in [-0.25, -0.2) is 12.8 Å². The van der Waals surface area contributed by atoms with Crippen LogP contribution in [0.25, 0.3) is 0 Å². The van der Waals surface area contributed by atoms with Crippen LogP contribution < -0.4 is 5.73 Å². The number of rotatable bonds is 3. The van der Waals surface area contributed by atoms with Gasteiger partial charge in [0, 0.05) is 24.3 Å². The molecule has 1 aromatic carbocycles. The summed E-state index contributed by atoms with van der Waals surface area (Å²) < 4.78 is 39.7. The van der Waals surface area contributed by atoms with E-state index in [1.807, 2.05) is 13.8 Å². The molecule has 20 heavy (non-hydrogen) atoms. The Balaban J connectivity index is 2.35. The minimum absolute atomic E-state index is 0.0167. The van der Waals surface area contributed by atoms with Gasteiger partial charge in [0.1, 0.15) is 5.82 Å². The average molecular weight is 302 g/mol. The number of aliphatic hydroxyl groups is 1. The number of benzene rings is 1. The zero-order chi connectivity index (χ0) is 15.3. The molecule has 2 rings (SSSR count). The van der Waals surface area contributed by atoms with Crippen LogP contribution in [0.4, 0.5) is 10.1 Å². The Hall–Kier alpha value is -1.18. The van der Waals surface area contributed by atoms with Crippen LogP contribution in [0.3, 0.4) is 0 Å². The largest absolute Gasteiger partial charge is 0.399 e. The molecule has 0 aromatic heterocycles. The van der Waals surface area contributed by atoms with Gasteiger partial charge in [0.2, 0.25) is 10.0 Å². The van der Waals surface area contributed by atoms with Crippen molar-refractivity contribution in [2.75, 3.05) is 18.8 Å². The molecule has 1 saturated heterocycles. The predicted molar refractivity (Wildman–Crippen MR) is 74.1 cm³/mol. The van der Waals surface area contributed by atoms with Crippen LogP contribution in [-0.2, 0) is 10.0 Å². The number of anilines is 1. The van der Waals surface area contributed by atoms with Crippen molar-refractivity contribution in [3.05, 3.63) is 23.5 Å². The summed E-state index contributed by atoms with van der Waals surface area (Å²) in [6, 6.07) is 2.34. The van der Waals surface area contributed by atoms with Crippen molar-refractivity contribution in [3.8, 4) is 0 Å². The highest BCUT2D eigenvalue weighted by Gasteiger charge is 2.49. The second kappa shape index (κ2) is 4.68. The summed E-state index contributed by atoms with van der Waals surface area (Å²) in [6.45, 7) is 5.09. The van der Waals surface area contributed by atoms with E-state index in [0.717, 1.165) is 10.4 Å². The molecular weight excluding hydrogens is 283 g/mol. The molecule has 1 fully saturated rings. The molecule has 7 heteroatoms. The molecular formula is C13H19FN2O3S. The van der Waals surface area contributed by atoms with Gasteiger partial charge in [-0.05, 0) is 25.0 Å². The maximum Gasteiger partial charge on any atom is 0.243 e. The van der Waals surface area contributed by atoms with Crippen molar-refractivity contribution in [3.63, 3.8) is 0 Å². The third-order valence-corrected chi connectivity index (χ3v) is 5.83. The lowest BCUT2D eigenvalue weighted by atomic mass is 9.85. The van der Waals surface area contributed by atoms with Crippen molar-refractivity contribution in [1.29, 1.82) is 0 Å². The number of sulfonamides is 1. The fraction of sp³-hybridized carbons (Fsp3) is 0.538. The van der Waals surface area contributed by atoms with Crippen LogP contribution in [0.5, 0.6) is 0 Å². The van der Waals surface area contributed by atoms with Gasteiger partial charge in [0.05, 0.1) is 10.5 Å². The normalized spacial score (nSPS) is 19.1. The first-order valence-corrected chi connectivity index (χ1v) is 7.80. The van der Waals surface area contributed by atoms with Gasteiger partial charge in [0.25, 0.3) is 0 Å². The van der Waals surface area contributed by atoms with Crippen molar-refractivity contribution in [2.24, 2.45) is 5.92 Å². The lowest BCUT2D eigenvalue weighted by molar-refractivity contribution is -0.0932. The van der Waals surface area contributed by atoms with E-state index in [1.54, 1.807) is 0 Å². The summed E-state index contributed by atoms with van der Waals surface area (Å²) in [5, 5.41) is 10.1. The molecule has 0 atom stereocenters. The molecule has 5 nitrogen and oxygen atoms in total. The molecule has 0 saturated carbocycles. The molecule has 0 bridgehead atoms. The Bertz CT molecular complexity index is 637. The third kappa shape index (κ3) is 2.30. The second-order valence-corrected chi connectivity index (χ2v) is 7.56. The van der Waals surface area contributed by atoms with E-state index in [-0.39, 0.29) is 35.2 Å². The molecule has 0 radical (unpaired) electrons. The predicted octanol–water partition coefficient (Wildman–Crippen LogP) is 1.11. The van der Waals surface area contributed by atoms with Gasteiger partial charge < -0.3 is 10.8 Å². The first kappa shape index (κ1) is 15.2. The van der Waals surface area contributed by atoms with Crippen LogP contribution in [0.15, 0.2) is 17.0 Å². The van der Waals surface area contributed by atoms with Crippen molar-refractivity contribution in [1.82, 2.24) is 4.31 Å². The van der Waals surface area contributed by atoms with E-state index >= 15 is 0 Å². The van der Waals surface area contributed by atoms with Crippen LogP contribution in [0.1, 0.15) is 19.4 Å². The number of hydrogen-bond donors (Lipinski definition) is 2. The first-order chi connectivity index (χ1) is 9.08. The summed E-state index contributed by atoms with van der Waals surface area (Å²) in [4.78, 5) is -0.138. The highest BCUT2D eigenvalue weighted by atomic mass is 32.2. The quantitative estimate of drug-likeness (QED) is 0.819. The van der Waals surface area contributed by atoms with Gasteiger partial charge in [-0.3, -0.25) is 0 Å². The van der Waals surface area contributed by atoms with Crippen LogP contribution in [0, 0.1) is 18.7 Å². The fourth-order valence-electron chi connectivity index (χ4n) is 2.18. The maximum atomic E-state index is 13.6. The molecule has 3 N–H and O–H groups in total. The Morgan fingerprint density at radius 1 is 1.40 bits per heavy atom. The lowest BCUT2D eigenvalue weighted by Crippen LogP contribution is -2.65. The maximum absolute atomic E-state index is 13.6. The van der Waals surface area contributed by atoms with Crippen LogP contribution in [0.2, 0.25) is 0 Å². The summed E-state index contributed by atoms with van der Waals surface area (Å²) in [5.74, 6) is -0.698. The Kier molecular flexibility index (Phi) is 3.56. The van der Waals surface area contributed by atoms with Gasteiger partial charge in [-0.2, -0.15) is 4.31 Å². The molecule has 0 spiro atoms. The highest BCUT2D eigenvalue weighted by molar-refractivity contribution is 7.89. The van der Waals surface area contributed by atoms with E-state index < -0.39 is 21.4 Å². The summed E-state index contributed by atoms with van der Waals surface area (Å²) in [6.07, 6.45) is 0. The highest BCUT2D eigenvalue weighted by Crippen LogP contribution is 2.34. The topological polar surface area (TPSA) is 83.6 Å². The lowest BCUT2D eigenvalue weighted by Gasteiger charge is -2.48. The summed E-state index contributed by atoms with van der Waals surface area (Å²) >= 11 is 0. The minimum Gasteiger partial charge on any atom is -0.399 e. The number of nitrogen functional groups attached to an aromatic ring is 1. The Morgan fingerprint density at radius 2 is 1.95 bits per heavy atom. The molecule has 0 amide bonds. The van der Waals surface area contributed by atoms with E-state index in [4.69, 9.17) is 5.73 Å². The average Bonchev–Trinajstić information content (AvgIpc) is 2.29. The smallest absolute Gasteiger partial charge is 0.243 e. The zero-order valence-corrected chi connectivity index (χ0v) is 12.5. The van der Waals surface area contributed by atoms with Gasteiger partial charge in [-0.15, -0.1) is 0 Å². The summed E-state index contributed by atoms with van der Waals surface area (Å²) in [5.41, 5.74) is 4.60. The zero-order valence-electron chi connectivity index (χ0n) is 11.7. The second-order valence-electron chi connectivity index (χ2n) is 5.66. The first-order valence-electron chi connectivity index (χ1n) is 6.36. The SMILES string of the molecule is Cc1c(F)cc(N)cc1S(=O)(=O)N1CC(O)(C(C)C)C1. The number of nitrogens with zero attached hydrogens (tertiary/aromatic N) is 1. The van der Waals surface area contributed by atoms with Gasteiger partial charge in [-0.1, -0.05) is 13.8 Å².